The van der Waals surface area contributed by atoms with Crippen LogP contribution in [0.1, 0.15) is 17.0 Å². The van der Waals surface area contributed by atoms with E-state index >= 15 is 0 Å². The largest absolute Gasteiger partial charge is 0.352 e. The Bertz CT molecular complexity index is 1110. The van der Waals surface area contributed by atoms with Crippen molar-refractivity contribution in [1.82, 2.24) is 34.9 Å². The fraction of sp³-hybridized carbons (Fsp3) is 0.238. The second-order valence-corrected chi connectivity index (χ2v) is 6.76. The van der Waals surface area contributed by atoms with E-state index in [0.29, 0.717) is 13.1 Å². The number of nitrogens with one attached hydrogen (secondary N) is 2. The van der Waals surface area contributed by atoms with E-state index in [9.17, 15) is 0 Å². The number of hydrogen-bond donors (Lipinski definition) is 2. The normalized spacial score (nSPS) is 11.7. The van der Waals surface area contributed by atoms with Crippen LogP contribution in [0.2, 0.25) is 0 Å². The molecule has 0 aliphatic carbocycles. The van der Waals surface area contributed by atoms with Crippen LogP contribution in [-0.4, -0.2) is 37.3 Å². The Morgan fingerprint density at radius 1 is 0.966 bits per heavy atom. The second kappa shape index (κ2) is 8.55. The Hall–Kier alpha value is -3.68. The molecule has 2 aromatic heterocycles. The van der Waals surface area contributed by atoms with E-state index in [1.54, 1.807) is 18.1 Å². The second-order valence-electron chi connectivity index (χ2n) is 6.76. The Labute approximate surface area is 169 Å². The van der Waals surface area contributed by atoms with Gasteiger partial charge in [0.2, 0.25) is 0 Å². The van der Waals surface area contributed by atoms with Gasteiger partial charge in [-0.05, 0) is 23.3 Å². The smallest absolute Gasteiger partial charge is 0.191 e. The van der Waals surface area contributed by atoms with E-state index < -0.39 is 0 Å². The van der Waals surface area contributed by atoms with Gasteiger partial charge in [0.15, 0.2) is 5.96 Å². The molecule has 0 aliphatic rings. The Morgan fingerprint density at radius 2 is 1.72 bits per heavy atom. The highest BCUT2D eigenvalue weighted by molar-refractivity contribution is 5.79. The fourth-order valence-electron chi connectivity index (χ4n) is 3.14. The average Bonchev–Trinajstić information content (AvgIpc) is 3.35. The van der Waals surface area contributed by atoms with Crippen LogP contribution < -0.4 is 10.6 Å². The van der Waals surface area contributed by atoms with Crippen molar-refractivity contribution >= 4 is 17.0 Å². The average molecular weight is 388 g/mol. The number of imidazole rings is 1. The van der Waals surface area contributed by atoms with Gasteiger partial charge in [-0.1, -0.05) is 36.4 Å². The van der Waals surface area contributed by atoms with Crippen LogP contribution in [0.5, 0.6) is 0 Å². The minimum Gasteiger partial charge on any atom is -0.352 e. The highest BCUT2D eigenvalue weighted by Crippen LogP contribution is 2.14. The van der Waals surface area contributed by atoms with Crippen molar-refractivity contribution in [2.75, 3.05) is 7.05 Å². The Morgan fingerprint density at radius 3 is 2.48 bits per heavy atom. The molecule has 2 aromatic carbocycles. The van der Waals surface area contributed by atoms with Gasteiger partial charge in [0.1, 0.15) is 12.2 Å². The molecule has 0 saturated heterocycles. The lowest BCUT2D eigenvalue weighted by Crippen LogP contribution is -2.36. The van der Waals surface area contributed by atoms with E-state index in [4.69, 9.17) is 0 Å². The van der Waals surface area contributed by atoms with Crippen molar-refractivity contribution < 1.29 is 0 Å². The molecule has 0 atom stereocenters. The summed E-state index contributed by atoms with van der Waals surface area (Å²) in [7, 11) is 3.62. The van der Waals surface area contributed by atoms with Gasteiger partial charge in [-0.25, -0.2) is 9.97 Å². The lowest BCUT2D eigenvalue weighted by molar-refractivity contribution is 0.672. The van der Waals surface area contributed by atoms with Gasteiger partial charge in [-0.2, -0.15) is 5.10 Å². The van der Waals surface area contributed by atoms with Gasteiger partial charge < -0.3 is 15.2 Å². The van der Waals surface area contributed by atoms with E-state index in [2.05, 4.69) is 65.6 Å². The highest BCUT2D eigenvalue weighted by Gasteiger charge is 2.04. The number of rotatable bonds is 6. The first kappa shape index (κ1) is 18.7. The lowest BCUT2D eigenvalue weighted by atomic mass is 10.1. The van der Waals surface area contributed by atoms with Crippen LogP contribution >= 0.6 is 0 Å². The summed E-state index contributed by atoms with van der Waals surface area (Å²) >= 11 is 0. The summed E-state index contributed by atoms with van der Waals surface area (Å²) in [5.41, 5.74) is 4.59. The number of guanidine groups is 1. The third-order valence-electron chi connectivity index (χ3n) is 4.81. The van der Waals surface area contributed by atoms with Crippen molar-refractivity contribution in [3.8, 4) is 0 Å². The molecule has 29 heavy (non-hydrogen) atoms. The molecular formula is C21H24N8. The maximum atomic E-state index is 4.45. The van der Waals surface area contributed by atoms with Crippen molar-refractivity contribution in [2.24, 2.45) is 12.0 Å². The molecule has 0 aliphatic heterocycles. The number of hydrogen-bond acceptors (Lipinski definition) is 4. The predicted molar refractivity (Wildman–Crippen MR) is 113 cm³/mol. The number of fused-ring (bicyclic) bond motifs is 1. The Kier molecular flexibility index (Phi) is 5.51. The molecule has 0 fully saturated rings. The number of benzene rings is 2. The molecule has 8 heteroatoms. The van der Waals surface area contributed by atoms with Gasteiger partial charge >= 0.3 is 0 Å². The van der Waals surface area contributed by atoms with Gasteiger partial charge in [0.25, 0.3) is 0 Å². The summed E-state index contributed by atoms with van der Waals surface area (Å²) in [5.74, 6) is 1.58. The van der Waals surface area contributed by atoms with Crippen LogP contribution in [-0.2, 0) is 26.7 Å². The zero-order valence-electron chi connectivity index (χ0n) is 16.6. The van der Waals surface area contributed by atoms with Crippen molar-refractivity contribution in [1.29, 1.82) is 0 Å². The molecule has 8 nitrogen and oxygen atoms in total. The van der Waals surface area contributed by atoms with Crippen LogP contribution in [0.15, 0.2) is 66.2 Å². The van der Waals surface area contributed by atoms with Crippen LogP contribution in [0.25, 0.3) is 11.0 Å². The molecule has 148 valence electrons. The standard InChI is InChI=1S/C21H24N8/c1-22-21(24-12-20-25-14-27-28(20)2)23-11-16-7-9-17(10-8-16)13-29-15-26-18-5-3-4-6-19(18)29/h3-10,14-15H,11-13H2,1-2H3,(H2,22,23,24). The minimum absolute atomic E-state index is 0.563. The number of aromatic nitrogens is 5. The zero-order chi connectivity index (χ0) is 20.1. The van der Waals surface area contributed by atoms with Gasteiger partial charge in [-0.15, -0.1) is 0 Å². The van der Waals surface area contributed by atoms with Crippen molar-refractivity contribution in [3.05, 3.63) is 78.1 Å². The molecule has 0 spiro atoms. The fourth-order valence-corrected chi connectivity index (χ4v) is 3.14. The molecule has 4 aromatic rings. The molecule has 2 N–H and O–H groups in total. The number of aryl methyl sites for hydroxylation is 1. The summed E-state index contributed by atoms with van der Waals surface area (Å²) in [6, 6.07) is 16.8. The SMILES string of the molecule is CN=C(NCc1ccc(Cn2cnc3ccccc32)cc1)NCc1ncnn1C. The van der Waals surface area contributed by atoms with Crippen LogP contribution in [0.3, 0.4) is 0 Å². The summed E-state index contributed by atoms with van der Waals surface area (Å²) in [6.45, 7) is 2.05. The number of aliphatic imine (C=N–C) groups is 1. The van der Waals surface area contributed by atoms with Gasteiger partial charge in [-0.3, -0.25) is 9.67 Å². The molecule has 4 rings (SSSR count). The quantitative estimate of drug-likeness (QED) is 0.390. The van der Waals surface area contributed by atoms with Gasteiger partial charge in [0.05, 0.1) is 23.9 Å². The van der Waals surface area contributed by atoms with Crippen LogP contribution in [0, 0.1) is 0 Å². The minimum atomic E-state index is 0.563. The van der Waals surface area contributed by atoms with E-state index in [0.717, 1.165) is 29.4 Å². The maximum Gasteiger partial charge on any atom is 0.191 e. The summed E-state index contributed by atoms with van der Waals surface area (Å²) in [6.07, 6.45) is 3.44. The van der Waals surface area contributed by atoms with Crippen molar-refractivity contribution in [2.45, 2.75) is 19.6 Å². The monoisotopic (exact) mass is 388 g/mol. The Balaban J connectivity index is 1.32. The molecule has 0 saturated carbocycles. The summed E-state index contributed by atoms with van der Waals surface area (Å²) < 4.78 is 3.91. The predicted octanol–water partition coefficient (Wildman–Crippen LogP) is 2.08. The van der Waals surface area contributed by atoms with Crippen LogP contribution in [0.4, 0.5) is 0 Å². The third kappa shape index (κ3) is 4.43. The molecular weight excluding hydrogens is 364 g/mol. The lowest BCUT2D eigenvalue weighted by Gasteiger charge is -2.12. The summed E-state index contributed by atoms with van der Waals surface area (Å²) in [4.78, 5) is 12.9. The topological polar surface area (TPSA) is 84.9 Å². The molecule has 0 radical (unpaired) electrons. The van der Waals surface area contributed by atoms with Gasteiger partial charge in [0, 0.05) is 27.2 Å². The van der Waals surface area contributed by atoms with E-state index in [-0.39, 0.29) is 0 Å². The first-order valence-electron chi connectivity index (χ1n) is 9.48. The maximum absolute atomic E-state index is 4.45. The van der Waals surface area contributed by atoms with E-state index in [1.807, 2.05) is 31.6 Å². The number of nitrogens with zero attached hydrogens (tertiary/aromatic N) is 6. The number of para-hydroxylation sites is 2. The first-order valence-corrected chi connectivity index (χ1v) is 9.48. The molecule has 0 unspecified atom stereocenters. The van der Waals surface area contributed by atoms with E-state index in [1.165, 1.54) is 11.1 Å². The third-order valence-corrected chi connectivity index (χ3v) is 4.81. The molecule has 0 amide bonds. The van der Waals surface area contributed by atoms with Crippen molar-refractivity contribution in [3.63, 3.8) is 0 Å². The summed E-state index contributed by atoms with van der Waals surface area (Å²) in [5, 5.41) is 10.6. The highest BCUT2D eigenvalue weighted by atomic mass is 15.3. The zero-order valence-corrected chi connectivity index (χ0v) is 16.6. The molecule has 2 heterocycles. The molecule has 0 bridgehead atoms. The first-order chi connectivity index (χ1) is 14.2.